The number of ether oxygens (including phenoxy) is 2. The van der Waals surface area contributed by atoms with E-state index in [-0.39, 0.29) is 0 Å². The molecule has 0 aliphatic carbocycles. The lowest BCUT2D eigenvalue weighted by Gasteiger charge is -2.15. The van der Waals surface area contributed by atoms with Gasteiger partial charge in [-0.25, -0.2) is 9.59 Å². The smallest absolute Gasteiger partial charge is 0.347 e. The Bertz CT molecular complexity index is 735. The minimum Gasteiger partial charge on any atom is -0.478 e. The Hall–Kier alpha value is -1.57. The largest absolute Gasteiger partial charge is 0.478 e. The normalized spacial score (nSPS) is 12.2. The number of carbonyl (C=O) groups is 1. The van der Waals surface area contributed by atoms with E-state index in [1.165, 1.54) is 6.07 Å². The second kappa shape index (κ2) is 6.46. The molecule has 0 radical (unpaired) electrons. The van der Waals surface area contributed by atoms with Crippen LogP contribution in [-0.2, 0) is 9.53 Å². The zero-order valence-corrected chi connectivity index (χ0v) is 14.1. The second-order valence-corrected chi connectivity index (χ2v) is 5.59. The van der Waals surface area contributed by atoms with Gasteiger partial charge in [0.15, 0.2) is 11.7 Å². The van der Waals surface area contributed by atoms with Crippen molar-refractivity contribution in [3.05, 3.63) is 37.8 Å². The van der Waals surface area contributed by atoms with Crippen LogP contribution < -0.4 is 10.4 Å². The van der Waals surface area contributed by atoms with Crippen LogP contribution >= 0.6 is 22.6 Å². The van der Waals surface area contributed by atoms with Crippen LogP contribution in [0.5, 0.6) is 5.75 Å². The molecule has 0 fully saturated rings. The lowest BCUT2D eigenvalue weighted by atomic mass is 10.1. The molecule has 1 atom stereocenters. The number of fused-ring (bicyclic) bond motifs is 1. The molecule has 1 heterocycles. The maximum atomic E-state index is 11.6. The van der Waals surface area contributed by atoms with Crippen LogP contribution in [0.1, 0.15) is 19.4 Å². The van der Waals surface area contributed by atoms with E-state index >= 15 is 0 Å². The highest BCUT2D eigenvalue weighted by Crippen LogP contribution is 2.30. The quantitative estimate of drug-likeness (QED) is 0.447. The molecular weight excluding hydrogens is 387 g/mol. The number of esters is 1. The monoisotopic (exact) mass is 402 g/mol. The number of carbonyl (C=O) groups excluding carboxylic acids is 1. The number of hydrogen-bond donors (Lipinski definition) is 0. The fourth-order valence-corrected chi connectivity index (χ4v) is 2.63. The van der Waals surface area contributed by atoms with E-state index in [2.05, 4.69) is 0 Å². The van der Waals surface area contributed by atoms with Gasteiger partial charge in [-0.3, -0.25) is 0 Å². The molecule has 1 aromatic heterocycles. The minimum atomic E-state index is -0.729. The van der Waals surface area contributed by atoms with Crippen molar-refractivity contribution in [1.82, 2.24) is 0 Å². The van der Waals surface area contributed by atoms with Crippen LogP contribution in [0.15, 0.2) is 27.4 Å². The van der Waals surface area contributed by atoms with Gasteiger partial charge in [-0.15, -0.1) is 0 Å². The van der Waals surface area contributed by atoms with Gasteiger partial charge in [-0.2, -0.15) is 0 Å². The molecule has 0 saturated carbocycles. The van der Waals surface area contributed by atoms with E-state index in [0.717, 1.165) is 10.9 Å². The van der Waals surface area contributed by atoms with Crippen molar-refractivity contribution in [2.45, 2.75) is 26.9 Å². The van der Waals surface area contributed by atoms with Crippen LogP contribution in [-0.4, -0.2) is 18.7 Å². The molecule has 1 aromatic carbocycles. The molecule has 0 aliphatic heterocycles. The van der Waals surface area contributed by atoms with E-state index in [1.807, 2.05) is 35.6 Å². The van der Waals surface area contributed by atoms with Crippen LogP contribution in [0.25, 0.3) is 11.0 Å². The fraction of sp³-hybridized carbons (Fsp3) is 0.333. The summed E-state index contributed by atoms with van der Waals surface area (Å²) in [4.78, 5) is 23.1. The third kappa shape index (κ3) is 3.37. The summed E-state index contributed by atoms with van der Waals surface area (Å²) in [6.07, 6.45) is -0.729. The zero-order valence-electron chi connectivity index (χ0n) is 11.9. The summed E-state index contributed by atoms with van der Waals surface area (Å²) in [6, 6.07) is 5.01. The van der Waals surface area contributed by atoms with Crippen molar-refractivity contribution in [2.75, 3.05) is 6.61 Å². The summed E-state index contributed by atoms with van der Waals surface area (Å²) in [5.74, 6) is 0.0523. The molecule has 21 heavy (non-hydrogen) atoms. The van der Waals surface area contributed by atoms with Crippen molar-refractivity contribution in [3.8, 4) is 5.75 Å². The topological polar surface area (TPSA) is 65.7 Å². The first kappa shape index (κ1) is 15.8. The van der Waals surface area contributed by atoms with Gasteiger partial charge < -0.3 is 13.9 Å². The van der Waals surface area contributed by atoms with E-state index in [4.69, 9.17) is 13.9 Å². The first-order valence-corrected chi connectivity index (χ1v) is 7.58. The standard InChI is InChI=1S/C15H15IO5/c1-4-19-15(18)9(3)20-11-6-5-10-8(2)7-12(17)21-14(10)13(11)16/h5-7,9H,4H2,1-3H3. The van der Waals surface area contributed by atoms with Gasteiger partial charge in [0.1, 0.15) is 5.75 Å². The molecule has 112 valence electrons. The average Bonchev–Trinajstić information content (AvgIpc) is 2.42. The van der Waals surface area contributed by atoms with E-state index in [1.54, 1.807) is 19.9 Å². The van der Waals surface area contributed by atoms with E-state index < -0.39 is 17.7 Å². The third-order valence-corrected chi connectivity index (χ3v) is 3.97. The molecule has 5 nitrogen and oxygen atoms in total. The van der Waals surface area contributed by atoms with Crippen molar-refractivity contribution in [3.63, 3.8) is 0 Å². The van der Waals surface area contributed by atoms with Crippen molar-refractivity contribution in [2.24, 2.45) is 0 Å². The minimum absolute atomic E-state index is 0.301. The van der Waals surface area contributed by atoms with Gasteiger partial charge in [-0.1, -0.05) is 0 Å². The molecule has 0 amide bonds. The average molecular weight is 402 g/mol. The van der Waals surface area contributed by atoms with Gasteiger partial charge in [-0.05, 0) is 61.1 Å². The van der Waals surface area contributed by atoms with Gasteiger partial charge in [0, 0.05) is 11.5 Å². The van der Waals surface area contributed by atoms with Crippen LogP contribution in [0.4, 0.5) is 0 Å². The van der Waals surface area contributed by atoms with Gasteiger partial charge in [0.25, 0.3) is 0 Å². The van der Waals surface area contributed by atoms with Crippen LogP contribution in [0, 0.1) is 10.5 Å². The second-order valence-electron chi connectivity index (χ2n) is 4.51. The van der Waals surface area contributed by atoms with E-state index in [9.17, 15) is 9.59 Å². The number of hydrogen-bond acceptors (Lipinski definition) is 5. The summed E-state index contributed by atoms with van der Waals surface area (Å²) >= 11 is 2.04. The maximum Gasteiger partial charge on any atom is 0.347 e. The van der Waals surface area contributed by atoms with Gasteiger partial charge >= 0.3 is 11.6 Å². The molecule has 0 N–H and O–H groups in total. The third-order valence-electron chi connectivity index (χ3n) is 2.95. The fourth-order valence-electron chi connectivity index (χ4n) is 1.92. The predicted molar refractivity (Wildman–Crippen MR) is 86.7 cm³/mol. The maximum absolute atomic E-state index is 11.6. The molecule has 6 heteroatoms. The summed E-state index contributed by atoms with van der Waals surface area (Å²) < 4.78 is 16.4. The number of aryl methyl sites for hydroxylation is 1. The SMILES string of the molecule is CCOC(=O)C(C)Oc1ccc2c(C)cc(=O)oc2c1I. The Balaban J connectivity index is 2.40. The Morgan fingerprint density at radius 3 is 2.81 bits per heavy atom. The molecule has 0 saturated heterocycles. The summed E-state index contributed by atoms with van der Waals surface area (Å²) in [5.41, 5.74) is 0.895. The summed E-state index contributed by atoms with van der Waals surface area (Å²) in [7, 11) is 0. The highest BCUT2D eigenvalue weighted by molar-refractivity contribution is 14.1. The number of benzene rings is 1. The summed E-state index contributed by atoms with van der Waals surface area (Å²) in [5, 5.41) is 0.843. The van der Waals surface area contributed by atoms with Crippen molar-refractivity contribution >= 4 is 39.5 Å². The Kier molecular flexibility index (Phi) is 4.87. The molecule has 1 unspecified atom stereocenters. The molecule has 0 bridgehead atoms. The zero-order chi connectivity index (χ0) is 15.6. The number of rotatable bonds is 4. The Labute approximate surface area is 135 Å². The highest BCUT2D eigenvalue weighted by atomic mass is 127. The van der Waals surface area contributed by atoms with Crippen LogP contribution in [0.2, 0.25) is 0 Å². The lowest BCUT2D eigenvalue weighted by Crippen LogP contribution is -2.26. The lowest BCUT2D eigenvalue weighted by molar-refractivity contribution is -0.150. The van der Waals surface area contributed by atoms with Crippen LogP contribution in [0.3, 0.4) is 0 Å². The Morgan fingerprint density at radius 2 is 2.14 bits per heavy atom. The highest BCUT2D eigenvalue weighted by Gasteiger charge is 2.19. The Morgan fingerprint density at radius 1 is 1.43 bits per heavy atom. The molecule has 2 rings (SSSR count). The molecule has 0 spiro atoms. The number of halogens is 1. The van der Waals surface area contributed by atoms with Crippen molar-refractivity contribution < 1.29 is 18.7 Å². The first-order valence-electron chi connectivity index (χ1n) is 6.50. The van der Waals surface area contributed by atoms with Gasteiger partial charge in [0.05, 0.1) is 10.2 Å². The molecular formula is C15H15IO5. The van der Waals surface area contributed by atoms with Gasteiger partial charge in [0.2, 0.25) is 0 Å². The van der Waals surface area contributed by atoms with E-state index in [0.29, 0.717) is 21.5 Å². The predicted octanol–water partition coefficient (Wildman–Crippen LogP) is 3.04. The molecule has 0 aliphatic rings. The van der Waals surface area contributed by atoms with Crippen molar-refractivity contribution in [1.29, 1.82) is 0 Å². The summed E-state index contributed by atoms with van der Waals surface area (Å²) in [6.45, 7) is 5.50. The first-order chi connectivity index (χ1) is 9.93. The molecule has 2 aromatic rings.